The molecule has 3 rings (SSSR count). The lowest BCUT2D eigenvalue weighted by Crippen LogP contribution is -2.27. The molecule has 0 atom stereocenters. The van der Waals surface area contributed by atoms with Gasteiger partial charge in [-0.25, -0.2) is 4.79 Å². The number of aromatic carboxylic acids is 1. The lowest BCUT2D eigenvalue weighted by Gasteiger charge is -2.18. The maximum atomic E-state index is 12.1. The average Bonchev–Trinajstić information content (AvgIpc) is 2.62. The molecule has 0 saturated carbocycles. The van der Waals surface area contributed by atoms with Crippen LogP contribution in [0.2, 0.25) is 0 Å². The summed E-state index contributed by atoms with van der Waals surface area (Å²) in [6.45, 7) is 1.55. The minimum Gasteiger partial charge on any atom is -0.486 e. The third-order valence-corrected chi connectivity index (χ3v) is 3.91. The van der Waals surface area contributed by atoms with Crippen LogP contribution >= 0.6 is 0 Å². The first-order chi connectivity index (χ1) is 12.1. The molecule has 0 spiro atoms. The Balaban J connectivity index is 1.47. The molecule has 1 aliphatic rings. The smallest absolute Gasteiger partial charge is 0.335 e. The van der Waals surface area contributed by atoms with Crippen molar-refractivity contribution >= 4 is 11.9 Å². The molecule has 0 saturated heterocycles. The van der Waals surface area contributed by atoms with Crippen molar-refractivity contribution in [1.82, 2.24) is 5.32 Å². The topological polar surface area (TPSA) is 84.9 Å². The molecule has 2 aromatic carbocycles. The number of hydrogen-bond acceptors (Lipinski definition) is 4. The molecule has 1 heterocycles. The van der Waals surface area contributed by atoms with E-state index in [4.69, 9.17) is 14.6 Å². The number of nitrogens with one attached hydrogen (secondary N) is 1. The van der Waals surface area contributed by atoms with E-state index in [1.165, 1.54) is 0 Å². The first-order valence-electron chi connectivity index (χ1n) is 8.09. The molecule has 1 aliphatic heterocycles. The molecule has 0 radical (unpaired) electrons. The summed E-state index contributed by atoms with van der Waals surface area (Å²) >= 11 is 0. The van der Waals surface area contributed by atoms with Crippen molar-refractivity contribution < 1.29 is 24.2 Å². The fraction of sp³-hybridized carbons (Fsp3) is 0.263. The Morgan fingerprint density at radius 1 is 0.960 bits per heavy atom. The van der Waals surface area contributed by atoms with Crippen LogP contribution in [-0.4, -0.2) is 36.7 Å². The fourth-order valence-corrected chi connectivity index (χ4v) is 2.61. The number of rotatable bonds is 6. The van der Waals surface area contributed by atoms with Crippen LogP contribution in [0.4, 0.5) is 0 Å². The largest absolute Gasteiger partial charge is 0.486 e. The molecule has 0 aromatic heterocycles. The SMILES string of the molecule is O=C(Cc1ccc2c(c1)OCCO2)NCCc1ccc(C(=O)O)cc1. The van der Waals surface area contributed by atoms with E-state index in [2.05, 4.69) is 5.32 Å². The van der Waals surface area contributed by atoms with E-state index in [1.807, 2.05) is 18.2 Å². The van der Waals surface area contributed by atoms with E-state index in [9.17, 15) is 9.59 Å². The van der Waals surface area contributed by atoms with Gasteiger partial charge >= 0.3 is 5.97 Å². The van der Waals surface area contributed by atoms with Gasteiger partial charge in [0.25, 0.3) is 0 Å². The highest BCUT2D eigenvalue weighted by atomic mass is 16.6. The minimum absolute atomic E-state index is 0.0705. The molecular weight excluding hydrogens is 322 g/mol. The van der Waals surface area contributed by atoms with Crippen molar-refractivity contribution in [2.75, 3.05) is 19.8 Å². The Morgan fingerprint density at radius 3 is 2.36 bits per heavy atom. The predicted octanol–water partition coefficient (Wildman–Crippen LogP) is 2.06. The summed E-state index contributed by atoms with van der Waals surface area (Å²) in [5, 5.41) is 11.7. The van der Waals surface area contributed by atoms with Crippen molar-refractivity contribution in [3.8, 4) is 11.5 Å². The van der Waals surface area contributed by atoms with Crippen LogP contribution in [0.1, 0.15) is 21.5 Å². The van der Waals surface area contributed by atoms with E-state index >= 15 is 0 Å². The Bertz CT molecular complexity index is 770. The lowest BCUT2D eigenvalue weighted by atomic mass is 10.1. The van der Waals surface area contributed by atoms with Crippen LogP contribution in [0.3, 0.4) is 0 Å². The normalized spacial score (nSPS) is 12.5. The summed E-state index contributed by atoms with van der Waals surface area (Å²) < 4.78 is 11.0. The van der Waals surface area contributed by atoms with Crippen LogP contribution in [0.5, 0.6) is 11.5 Å². The number of hydrogen-bond donors (Lipinski definition) is 2. The van der Waals surface area contributed by atoms with Crippen molar-refractivity contribution in [2.45, 2.75) is 12.8 Å². The zero-order valence-corrected chi connectivity index (χ0v) is 13.7. The second-order valence-electron chi connectivity index (χ2n) is 5.76. The first kappa shape index (κ1) is 16.8. The molecule has 0 bridgehead atoms. The number of carboxylic acids is 1. The van der Waals surface area contributed by atoms with Crippen LogP contribution in [0.25, 0.3) is 0 Å². The maximum Gasteiger partial charge on any atom is 0.335 e. The minimum atomic E-state index is -0.945. The van der Waals surface area contributed by atoms with E-state index in [0.29, 0.717) is 37.7 Å². The molecule has 25 heavy (non-hydrogen) atoms. The van der Waals surface area contributed by atoms with E-state index in [0.717, 1.165) is 11.1 Å². The fourth-order valence-electron chi connectivity index (χ4n) is 2.61. The zero-order valence-electron chi connectivity index (χ0n) is 13.7. The lowest BCUT2D eigenvalue weighted by molar-refractivity contribution is -0.120. The van der Waals surface area contributed by atoms with Gasteiger partial charge in [0.2, 0.25) is 5.91 Å². The van der Waals surface area contributed by atoms with Gasteiger partial charge in [0.15, 0.2) is 11.5 Å². The van der Waals surface area contributed by atoms with Crippen LogP contribution in [0.15, 0.2) is 42.5 Å². The number of amides is 1. The van der Waals surface area contributed by atoms with Gasteiger partial charge in [-0.05, 0) is 41.8 Å². The standard InChI is InChI=1S/C19H19NO5/c21-18(12-14-3-6-16-17(11-14)25-10-9-24-16)20-8-7-13-1-4-15(5-2-13)19(22)23/h1-6,11H,7-10,12H2,(H,20,21)(H,22,23). The van der Waals surface area contributed by atoms with Crippen LogP contribution in [-0.2, 0) is 17.6 Å². The summed E-state index contributed by atoms with van der Waals surface area (Å²) in [6, 6.07) is 12.2. The number of carboxylic acid groups (broad SMARTS) is 1. The summed E-state index contributed by atoms with van der Waals surface area (Å²) in [5.41, 5.74) is 2.10. The average molecular weight is 341 g/mol. The molecule has 0 fully saturated rings. The van der Waals surface area contributed by atoms with Gasteiger partial charge in [-0.15, -0.1) is 0 Å². The van der Waals surface area contributed by atoms with Crippen LogP contribution in [0, 0.1) is 0 Å². The molecule has 2 aromatic rings. The van der Waals surface area contributed by atoms with E-state index in [1.54, 1.807) is 24.3 Å². The third kappa shape index (κ3) is 4.50. The van der Waals surface area contributed by atoms with Crippen molar-refractivity contribution in [3.63, 3.8) is 0 Å². The third-order valence-electron chi connectivity index (χ3n) is 3.91. The number of carbonyl (C=O) groups excluding carboxylic acids is 1. The number of fused-ring (bicyclic) bond motifs is 1. The van der Waals surface area contributed by atoms with Crippen molar-refractivity contribution in [1.29, 1.82) is 0 Å². The van der Waals surface area contributed by atoms with Gasteiger partial charge in [0.05, 0.1) is 12.0 Å². The van der Waals surface area contributed by atoms with Crippen molar-refractivity contribution in [2.24, 2.45) is 0 Å². The highest BCUT2D eigenvalue weighted by Gasteiger charge is 2.13. The molecule has 0 aliphatic carbocycles. The molecule has 130 valence electrons. The Hall–Kier alpha value is -3.02. The maximum absolute atomic E-state index is 12.1. The molecule has 2 N–H and O–H groups in total. The summed E-state index contributed by atoms with van der Waals surface area (Å²) in [7, 11) is 0. The quantitative estimate of drug-likeness (QED) is 0.840. The van der Waals surface area contributed by atoms with Gasteiger partial charge in [-0.3, -0.25) is 4.79 Å². The number of ether oxygens (including phenoxy) is 2. The number of benzene rings is 2. The molecular formula is C19H19NO5. The van der Waals surface area contributed by atoms with Gasteiger partial charge in [0, 0.05) is 6.54 Å². The van der Waals surface area contributed by atoms with Gasteiger partial charge in [-0.1, -0.05) is 18.2 Å². The zero-order chi connectivity index (χ0) is 17.6. The highest BCUT2D eigenvalue weighted by molar-refractivity contribution is 5.87. The Labute approximate surface area is 145 Å². The molecule has 0 unspecified atom stereocenters. The predicted molar refractivity (Wildman–Crippen MR) is 91.3 cm³/mol. The van der Waals surface area contributed by atoms with Gasteiger partial charge in [0.1, 0.15) is 13.2 Å². The van der Waals surface area contributed by atoms with E-state index in [-0.39, 0.29) is 17.9 Å². The van der Waals surface area contributed by atoms with Gasteiger partial charge < -0.3 is 19.9 Å². The molecule has 6 heteroatoms. The summed E-state index contributed by atoms with van der Waals surface area (Å²) in [6.07, 6.45) is 0.918. The molecule has 6 nitrogen and oxygen atoms in total. The Kier molecular flexibility index (Phi) is 5.18. The second kappa shape index (κ2) is 7.70. The van der Waals surface area contributed by atoms with Crippen LogP contribution < -0.4 is 14.8 Å². The summed E-state index contributed by atoms with van der Waals surface area (Å²) in [4.78, 5) is 22.9. The number of carbonyl (C=O) groups is 2. The van der Waals surface area contributed by atoms with Crippen molar-refractivity contribution in [3.05, 3.63) is 59.2 Å². The molecule has 1 amide bonds. The highest BCUT2D eigenvalue weighted by Crippen LogP contribution is 2.30. The van der Waals surface area contributed by atoms with E-state index < -0.39 is 5.97 Å². The monoisotopic (exact) mass is 341 g/mol. The summed E-state index contributed by atoms with van der Waals surface area (Å²) in [5.74, 6) is 0.369. The second-order valence-corrected chi connectivity index (χ2v) is 5.76. The van der Waals surface area contributed by atoms with Gasteiger partial charge in [-0.2, -0.15) is 0 Å². The first-order valence-corrected chi connectivity index (χ1v) is 8.09. The Morgan fingerprint density at radius 2 is 1.64 bits per heavy atom.